The molecule has 1 fully saturated rings. The van der Waals surface area contributed by atoms with Crippen LogP contribution in [0.2, 0.25) is 0 Å². The van der Waals surface area contributed by atoms with Crippen LogP contribution in [0.15, 0.2) is 72.8 Å². The van der Waals surface area contributed by atoms with E-state index in [0.717, 1.165) is 72.4 Å². The quantitative estimate of drug-likeness (QED) is 0.203. The fourth-order valence-electron chi connectivity index (χ4n) is 5.20. The van der Waals surface area contributed by atoms with Gasteiger partial charge in [0.25, 0.3) is 5.91 Å². The summed E-state index contributed by atoms with van der Waals surface area (Å²) >= 11 is 0. The van der Waals surface area contributed by atoms with Crippen molar-refractivity contribution in [3.63, 3.8) is 0 Å². The monoisotopic (exact) mass is 524 g/mol. The van der Waals surface area contributed by atoms with E-state index < -0.39 is 0 Å². The van der Waals surface area contributed by atoms with Gasteiger partial charge < -0.3 is 25.7 Å². The van der Waals surface area contributed by atoms with Gasteiger partial charge in [-0.3, -0.25) is 10.2 Å². The van der Waals surface area contributed by atoms with Gasteiger partial charge in [-0.05, 0) is 48.6 Å². The van der Waals surface area contributed by atoms with Gasteiger partial charge in [-0.15, -0.1) is 0 Å². The molecule has 0 saturated carbocycles. The second kappa shape index (κ2) is 12.2. The van der Waals surface area contributed by atoms with Crippen LogP contribution in [-0.4, -0.2) is 52.0 Å². The Kier molecular flexibility index (Phi) is 8.34. The van der Waals surface area contributed by atoms with Crippen molar-refractivity contribution >= 4 is 22.8 Å². The minimum absolute atomic E-state index is 0.0491. The molecular formula is C31H36N6O2. The number of aryl methyl sites for hydroxylation is 2. The number of rotatable bonds is 11. The Labute approximate surface area is 229 Å². The Bertz CT molecular complexity index is 1430. The molecule has 1 aliphatic heterocycles. The number of aromatic nitrogens is 2. The summed E-state index contributed by atoms with van der Waals surface area (Å²) in [5.74, 6) is 0.995. The average molecular weight is 525 g/mol. The van der Waals surface area contributed by atoms with Gasteiger partial charge in [0.2, 0.25) is 0 Å². The largest absolute Gasteiger partial charge is 0.384 e. The number of ether oxygens (including phenoxy) is 1. The molecule has 5 rings (SSSR count). The highest BCUT2D eigenvalue weighted by Gasteiger charge is 2.22. The number of hydrogen-bond acceptors (Lipinski definition) is 5. The van der Waals surface area contributed by atoms with Gasteiger partial charge in [0.15, 0.2) is 0 Å². The Balaban J connectivity index is 1.41. The van der Waals surface area contributed by atoms with Crippen molar-refractivity contribution < 1.29 is 9.53 Å². The maximum atomic E-state index is 13.5. The molecular weight excluding hydrogens is 488 g/mol. The van der Waals surface area contributed by atoms with Gasteiger partial charge in [-0.2, -0.15) is 0 Å². The van der Waals surface area contributed by atoms with Crippen molar-refractivity contribution in [3.05, 3.63) is 101 Å². The van der Waals surface area contributed by atoms with E-state index >= 15 is 0 Å². The summed E-state index contributed by atoms with van der Waals surface area (Å²) in [6, 6.07) is 23.6. The zero-order valence-electron chi connectivity index (χ0n) is 22.2. The second-order valence-corrected chi connectivity index (χ2v) is 10.1. The van der Waals surface area contributed by atoms with Crippen LogP contribution in [0.25, 0.3) is 11.0 Å². The summed E-state index contributed by atoms with van der Waals surface area (Å²) in [6.07, 6.45) is 3.84. The van der Waals surface area contributed by atoms with Crippen molar-refractivity contribution in [1.29, 1.82) is 5.41 Å². The van der Waals surface area contributed by atoms with Crippen LogP contribution >= 0.6 is 0 Å². The molecule has 1 unspecified atom stereocenters. The maximum Gasteiger partial charge on any atom is 0.254 e. The number of nitrogen functional groups attached to an aromatic ring is 1. The minimum Gasteiger partial charge on any atom is -0.384 e. The predicted octanol–water partition coefficient (Wildman–Crippen LogP) is 3.89. The molecule has 1 aromatic heterocycles. The molecule has 0 radical (unpaired) electrons. The molecule has 8 nitrogen and oxygen atoms in total. The van der Waals surface area contributed by atoms with E-state index in [-0.39, 0.29) is 17.8 Å². The molecule has 0 bridgehead atoms. The van der Waals surface area contributed by atoms with E-state index in [1.165, 1.54) is 0 Å². The zero-order valence-corrected chi connectivity index (χ0v) is 22.2. The number of amides is 1. The molecule has 0 aliphatic carbocycles. The first-order valence-corrected chi connectivity index (χ1v) is 13.6. The van der Waals surface area contributed by atoms with Crippen molar-refractivity contribution in [3.8, 4) is 0 Å². The van der Waals surface area contributed by atoms with Crippen LogP contribution in [0.1, 0.15) is 45.7 Å². The van der Waals surface area contributed by atoms with Gasteiger partial charge >= 0.3 is 0 Å². The Hall–Kier alpha value is -4.01. The lowest BCUT2D eigenvalue weighted by atomic mass is 10.1. The first-order chi connectivity index (χ1) is 19.0. The number of fused-ring (bicyclic) bond motifs is 1. The summed E-state index contributed by atoms with van der Waals surface area (Å²) in [4.78, 5) is 20.3. The number of nitrogens with one attached hydrogen (secondary N) is 1. The number of carbonyl (C=O) groups excluding carboxylic acids is 1. The number of nitrogens with two attached hydrogens (primary N) is 2. The topological polar surface area (TPSA) is 123 Å². The van der Waals surface area contributed by atoms with Crippen LogP contribution in [0.5, 0.6) is 0 Å². The summed E-state index contributed by atoms with van der Waals surface area (Å²) in [6.45, 7) is 2.93. The first-order valence-electron chi connectivity index (χ1n) is 13.6. The molecule has 3 aromatic carbocycles. The van der Waals surface area contributed by atoms with E-state index in [1.807, 2.05) is 72.8 Å². The average Bonchev–Trinajstić information content (AvgIpc) is 3.60. The summed E-state index contributed by atoms with van der Waals surface area (Å²) in [7, 11) is 0. The maximum absolute atomic E-state index is 13.5. The number of nitrogens with zero attached hydrogens (tertiary/aromatic N) is 3. The van der Waals surface area contributed by atoms with Gasteiger partial charge in [0, 0.05) is 43.8 Å². The summed E-state index contributed by atoms with van der Waals surface area (Å²) in [5, 5.41) is 7.61. The van der Waals surface area contributed by atoms with Gasteiger partial charge in [0.05, 0.1) is 23.7 Å². The van der Waals surface area contributed by atoms with Crippen LogP contribution in [0.4, 0.5) is 0 Å². The predicted molar refractivity (Wildman–Crippen MR) is 154 cm³/mol. The van der Waals surface area contributed by atoms with Crippen LogP contribution in [-0.2, 0) is 30.7 Å². The lowest BCUT2D eigenvalue weighted by molar-refractivity contribution is 0.0748. The van der Waals surface area contributed by atoms with Crippen LogP contribution < -0.4 is 11.5 Å². The third-order valence-electron chi connectivity index (χ3n) is 7.29. The number of carbonyl (C=O) groups is 1. The van der Waals surface area contributed by atoms with Crippen molar-refractivity contribution in [2.24, 2.45) is 11.5 Å². The highest BCUT2D eigenvalue weighted by atomic mass is 16.5. The van der Waals surface area contributed by atoms with Crippen LogP contribution in [0.3, 0.4) is 0 Å². The lowest BCUT2D eigenvalue weighted by Gasteiger charge is -2.22. The van der Waals surface area contributed by atoms with Gasteiger partial charge in [-0.25, -0.2) is 4.98 Å². The SMILES string of the molecule is N=C(N)c1ccc(CCc2nc3cc(C(=O)N(CCN)Cc4ccccc4)ccc3n2CC2CCCO2)cc1. The normalized spacial score (nSPS) is 15.1. The fourth-order valence-corrected chi connectivity index (χ4v) is 5.20. The Morgan fingerprint density at radius 1 is 1.03 bits per heavy atom. The molecule has 202 valence electrons. The Morgan fingerprint density at radius 2 is 1.79 bits per heavy atom. The summed E-state index contributed by atoms with van der Waals surface area (Å²) in [5.41, 5.74) is 16.8. The van der Waals surface area contributed by atoms with E-state index in [0.29, 0.717) is 25.2 Å². The molecule has 1 atom stereocenters. The molecule has 2 heterocycles. The number of benzene rings is 3. The third kappa shape index (κ3) is 6.35. The third-order valence-corrected chi connectivity index (χ3v) is 7.29. The van der Waals surface area contributed by atoms with Crippen molar-refractivity contribution in [2.45, 2.75) is 44.9 Å². The van der Waals surface area contributed by atoms with Crippen LogP contribution in [0, 0.1) is 5.41 Å². The van der Waals surface area contributed by atoms with Crippen molar-refractivity contribution in [2.75, 3.05) is 19.7 Å². The minimum atomic E-state index is -0.0491. The van der Waals surface area contributed by atoms with Gasteiger partial charge in [0.1, 0.15) is 11.7 Å². The molecule has 39 heavy (non-hydrogen) atoms. The highest BCUT2D eigenvalue weighted by molar-refractivity contribution is 5.97. The molecule has 8 heteroatoms. The number of hydrogen-bond donors (Lipinski definition) is 3. The molecule has 1 aliphatic rings. The lowest BCUT2D eigenvalue weighted by Crippen LogP contribution is -2.34. The molecule has 5 N–H and O–H groups in total. The van der Waals surface area contributed by atoms with E-state index in [9.17, 15) is 4.79 Å². The zero-order chi connectivity index (χ0) is 27.2. The molecule has 0 spiro atoms. The fraction of sp³-hybridized carbons (Fsp3) is 0.323. The smallest absolute Gasteiger partial charge is 0.254 e. The summed E-state index contributed by atoms with van der Waals surface area (Å²) < 4.78 is 8.21. The first kappa shape index (κ1) is 26.6. The van der Waals surface area contributed by atoms with Crippen molar-refractivity contribution in [1.82, 2.24) is 14.5 Å². The second-order valence-electron chi connectivity index (χ2n) is 10.1. The molecule has 4 aromatic rings. The molecule has 1 saturated heterocycles. The van der Waals surface area contributed by atoms with E-state index in [2.05, 4.69) is 4.57 Å². The number of amidine groups is 1. The standard InChI is InChI=1S/C31H36N6O2/c32-16-17-36(20-23-5-2-1-3-6-23)31(38)25-13-14-28-27(19-25)35-29(37(28)21-26-7-4-18-39-26)15-10-22-8-11-24(12-9-22)30(33)34/h1-3,5-6,8-9,11-14,19,26H,4,7,10,15-18,20-21,32H2,(H3,33,34). The highest BCUT2D eigenvalue weighted by Crippen LogP contribution is 2.24. The van der Waals surface area contributed by atoms with E-state index in [1.54, 1.807) is 4.90 Å². The van der Waals surface area contributed by atoms with E-state index in [4.69, 9.17) is 26.6 Å². The molecule has 1 amide bonds. The van der Waals surface area contributed by atoms with Gasteiger partial charge in [-0.1, -0.05) is 54.6 Å². The Morgan fingerprint density at radius 3 is 2.49 bits per heavy atom. The number of imidazole rings is 1.